The first-order valence-electron chi connectivity index (χ1n) is 9.66. The second kappa shape index (κ2) is 8.38. The van der Waals surface area contributed by atoms with E-state index in [1.165, 1.54) is 26.4 Å². The number of para-hydroxylation sites is 2. The smallest absolute Gasteiger partial charge is 0.286 e. The van der Waals surface area contributed by atoms with E-state index in [2.05, 4.69) is 10.3 Å². The number of imidazole rings is 1. The Kier molecular flexibility index (Phi) is 5.46. The molecule has 0 saturated heterocycles. The minimum absolute atomic E-state index is 0.132. The third-order valence-electron chi connectivity index (χ3n) is 5.13. The molecule has 0 spiro atoms. The summed E-state index contributed by atoms with van der Waals surface area (Å²) in [7, 11) is 4.70. The first-order chi connectivity index (χ1) is 15.4. The van der Waals surface area contributed by atoms with Gasteiger partial charge in [-0.3, -0.25) is 14.9 Å². The van der Waals surface area contributed by atoms with Crippen LogP contribution in [0, 0.1) is 10.1 Å². The molecule has 0 unspecified atom stereocenters. The summed E-state index contributed by atoms with van der Waals surface area (Å²) in [5.41, 5.74) is 2.76. The van der Waals surface area contributed by atoms with E-state index < -0.39 is 10.8 Å². The fourth-order valence-corrected chi connectivity index (χ4v) is 3.51. The van der Waals surface area contributed by atoms with Crippen LogP contribution in [0.2, 0.25) is 0 Å². The molecule has 1 amide bonds. The van der Waals surface area contributed by atoms with Gasteiger partial charge in [-0.05, 0) is 36.4 Å². The summed E-state index contributed by atoms with van der Waals surface area (Å²) in [4.78, 5) is 28.3. The van der Waals surface area contributed by atoms with E-state index in [1.807, 2.05) is 48.0 Å². The summed E-state index contributed by atoms with van der Waals surface area (Å²) in [5, 5.41) is 14.2. The summed E-state index contributed by atoms with van der Waals surface area (Å²) < 4.78 is 12.3. The number of nitrogens with zero attached hydrogens (tertiary/aromatic N) is 3. The van der Waals surface area contributed by atoms with E-state index in [0.717, 1.165) is 22.4 Å². The zero-order valence-electron chi connectivity index (χ0n) is 17.7. The van der Waals surface area contributed by atoms with Crippen LogP contribution in [0.3, 0.4) is 0 Å². The van der Waals surface area contributed by atoms with Crippen LogP contribution in [0.1, 0.15) is 10.4 Å². The summed E-state index contributed by atoms with van der Waals surface area (Å²) in [6.45, 7) is 0. The Hall–Kier alpha value is -4.40. The van der Waals surface area contributed by atoms with Crippen LogP contribution in [-0.4, -0.2) is 34.6 Å². The van der Waals surface area contributed by atoms with Crippen LogP contribution >= 0.6 is 0 Å². The minimum atomic E-state index is -0.633. The van der Waals surface area contributed by atoms with Gasteiger partial charge in [0.2, 0.25) is 0 Å². The second-order valence-corrected chi connectivity index (χ2v) is 7.00. The van der Waals surface area contributed by atoms with E-state index in [9.17, 15) is 14.9 Å². The van der Waals surface area contributed by atoms with Gasteiger partial charge in [0.1, 0.15) is 11.4 Å². The summed E-state index contributed by atoms with van der Waals surface area (Å²) >= 11 is 0. The maximum Gasteiger partial charge on any atom is 0.286 e. The molecule has 0 aliphatic carbocycles. The number of fused-ring (bicyclic) bond motifs is 1. The normalized spacial score (nSPS) is 10.7. The number of nitrogens with one attached hydrogen (secondary N) is 1. The van der Waals surface area contributed by atoms with E-state index in [1.54, 1.807) is 12.1 Å². The number of carbonyl (C=O) groups excluding carboxylic acids is 1. The van der Waals surface area contributed by atoms with Crippen LogP contribution < -0.4 is 14.8 Å². The highest BCUT2D eigenvalue weighted by atomic mass is 16.6. The number of methoxy groups -OCH3 is 2. The lowest BCUT2D eigenvalue weighted by Crippen LogP contribution is -2.14. The quantitative estimate of drug-likeness (QED) is 0.357. The van der Waals surface area contributed by atoms with E-state index in [0.29, 0.717) is 5.69 Å². The second-order valence-electron chi connectivity index (χ2n) is 7.00. The number of nitro benzene ring substituents is 1. The first kappa shape index (κ1) is 20.9. The molecular formula is C23H20N4O5. The lowest BCUT2D eigenvalue weighted by molar-refractivity contribution is -0.385. The molecule has 0 atom stereocenters. The monoisotopic (exact) mass is 432 g/mol. The SMILES string of the molecule is COc1cc(C(=O)Nc2ccc(-c3nc4ccccc4n3C)cc2)c([N+](=O)[O-])cc1OC. The maximum atomic E-state index is 12.8. The van der Waals surface area contributed by atoms with Crippen LogP contribution in [0.25, 0.3) is 22.4 Å². The number of rotatable bonds is 6. The number of carbonyl (C=O) groups is 1. The molecule has 1 N–H and O–H groups in total. The minimum Gasteiger partial charge on any atom is -0.493 e. The van der Waals surface area contributed by atoms with Crippen molar-refractivity contribution in [3.05, 3.63) is 76.3 Å². The zero-order chi connectivity index (χ0) is 22.8. The molecular weight excluding hydrogens is 412 g/mol. The van der Waals surface area contributed by atoms with Crippen LogP contribution in [0.5, 0.6) is 11.5 Å². The van der Waals surface area contributed by atoms with Gasteiger partial charge in [-0.2, -0.15) is 0 Å². The van der Waals surface area contributed by atoms with Gasteiger partial charge in [-0.15, -0.1) is 0 Å². The Morgan fingerprint density at radius 3 is 2.31 bits per heavy atom. The van der Waals surface area contributed by atoms with Gasteiger partial charge < -0.3 is 19.4 Å². The first-order valence-corrected chi connectivity index (χ1v) is 9.66. The van der Waals surface area contributed by atoms with Gasteiger partial charge in [0.25, 0.3) is 11.6 Å². The molecule has 9 nitrogen and oxygen atoms in total. The number of ether oxygens (including phenoxy) is 2. The van der Waals surface area contributed by atoms with Crippen LogP contribution in [0.15, 0.2) is 60.7 Å². The van der Waals surface area contributed by atoms with Crippen molar-refractivity contribution < 1.29 is 19.2 Å². The van der Waals surface area contributed by atoms with Crippen molar-refractivity contribution in [3.8, 4) is 22.9 Å². The van der Waals surface area contributed by atoms with Crippen molar-refractivity contribution in [2.24, 2.45) is 7.05 Å². The van der Waals surface area contributed by atoms with Gasteiger partial charge in [-0.1, -0.05) is 12.1 Å². The van der Waals surface area contributed by atoms with E-state index >= 15 is 0 Å². The highest BCUT2D eigenvalue weighted by molar-refractivity contribution is 6.07. The Morgan fingerprint density at radius 1 is 1.03 bits per heavy atom. The molecule has 0 aliphatic rings. The van der Waals surface area contributed by atoms with Gasteiger partial charge in [0, 0.05) is 24.4 Å². The topological polar surface area (TPSA) is 109 Å². The van der Waals surface area contributed by atoms with Crippen molar-refractivity contribution in [1.82, 2.24) is 9.55 Å². The van der Waals surface area contributed by atoms with Crippen LogP contribution in [0.4, 0.5) is 11.4 Å². The van der Waals surface area contributed by atoms with Crippen molar-refractivity contribution in [2.75, 3.05) is 19.5 Å². The number of aryl methyl sites for hydroxylation is 1. The molecule has 1 heterocycles. The van der Waals surface area contributed by atoms with Gasteiger partial charge in [0.15, 0.2) is 11.5 Å². The number of nitro groups is 1. The highest BCUT2D eigenvalue weighted by Crippen LogP contribution is 2.35. The average Bonchev–Trinajstić information content (AvgIpc) is 3.15. The number of aromatic nitrogens is 2. The van der Waals surface area contributed by atoms with Crippen molar-refractivity contribution in [3.63, 3.8) is 0 Å². The standard InChI is InChI=1S/C23H20N4O5/c1-26-18-7-5-4-6-17(18)25-22(26)14-8-10-15(11-9-14)24-23(28)16-12-20(31-2)21(32-3)13-19(16)27(29)30/h4-13H,1-3H3,(H,24,28). The van der Waals surface area contributed by atoms with Crippen molar-refractivity contribution >= 4 is 28.3 Å². The molecule has 0 saturated carbocycles. The molecule has 162 valence electrons. The Labute approximate surface area is 183 Å². The molecule has 1 aromatic heterocycles. The molecule has 0 bridgehead atoms. The Morgan fingerprint density at radius 2 is 1.69 bits per heavy atom. The Balaban J connectivity index is 1.62. The molecule has 32 heavy (non-hydrogen) atoms. The lowest BCUT2D eigenvalue weighted by Gasteiger charge is -2.11. The van der Waals surface area contributed by atoms with Gasteiger partial charge >= 0.3 is 0 Å². The maximum absolute atomic E-state index is 12.8. The predicted molar refractivity (Wildman–Crippen MR) is 120 cm³/mol. The summed E-state index contributed by atoms with van der Waals surface area (Å²) in [6, 6.07) is 17.4. The molecule has 0 aliphatic heterocycles. The van der Waals surface area contributed by atoms with Crippen molar-refractivity contribution in [1.29, 1.82) is 0 Å². The number of hydrogen-bond acceptors (Lipinski definition) is 6. The molecule has 0 fully saturated rings. The Bertz CT molecular complexity index is 1330. The number of hydrogen-bond donors (Lipinski definition) is 1. The molecule has 4 aromatic rings. The van der Waals surface area contributed by atoms with Gasteiger partial charge in [0.05, 0.1) is 36.2 Å². The number of anilines is 1. The van der Waals surface area contributed by atoms with Crippen LogP contribution in [-0.2, 0) is 7.05 Å². The molecule has 3 aromatic carbocycles. The number of amides is 1. The fraction of sp³-hybridized carbons (Fsp3) is 0.130. The van der Waals surface area contributed by atoms with E-state index in [-0.39, 0.29) is 22.7 Å². The third kappa shape index (κ3) is 3.71. The molecule has 9 heteroatoms. The number of benzene rings is 3. The molecule has 4 rings (SSSR count). The predicted octanol–water partition coefficient (Wildman–Crippen LogP) is 4.42. The third-order valence-corrected chi connectivity index (χ3v) is 5.13. The lowest BCUT2D eigenvalue weighted by atomic mass is 10.1. The largest absolute Gasteiger partial charge is 0.493 e. The highest BCUT2D eigenvalue weighted by Gasteiger charge is 2.24. The van der Waals surface area contributed by atoms with Crippen molar-refractivity contribution in [2.45, 2.75) is 0 Å². The summed E-state index contributed by atoms with van der Waals surface area (Å²) in [6.07, 6.45) is 0. The molecule has 0 radical (unpaired) electrons. The van der Waals surface area contributed by atoms with Gasteiger partial charge in [-0.25, -0.2) is 4.98 Å². The summed E-state index contributed by atoms with van der Waals surface area (Å²) in [5.74, 6) is 0.552. The average molecular weight is 432 g/mol. The van der Waals surface area contributed by atoms with E-state index in [4.69, 9.17) is 9.47 Å². The zero-order valence-corrected chi connectivity index (χ0v) is 17.7. The fourth-order valence-electron chi connectivity index (χ4n) is 3.51.